The maximum Gasteiger partial charge on any atom is 0.255 e. The van der Waals surface area contributed by atoms with E-state index in [-0.39, 0.29) is 11.9 Å². The molecular weight excluding hydrogens is 486 g/mol. The summed E-state index contributed by atoms with van der Waals surface area (Å²) in [5.74, 6) is 0.650. The minimum Gasteiger partial charge on any atom is -0.491 e. The maximum absolute atomic E-state index is 13.1. The summed E-state index contributed by atoms with van der Waals surface area (Å²) in [7, 11) is 0. The van der Waals surface area contributed by atoms with Crippen LogP contribution in [0.4, 0.5) is 11.6 Å². The average Bonchev–Trinajstić information content (AvgIpc) is 2.90. The number of nitrogens with zero attached hydrogens (tertiary/aromatic N) is 3. The van der Waals surface area contributed by atoms with Gasteiger partial charge in [-0.05, 0) is 92.0 Å². The first-order valence-electron chi connectivity index (χ1n) is 12.6. The minimum atomic E-state index is -0.215. The van der Waals surface area contributed by atoms with Gasteiger partial charge in [0.1, 0.15) is 12.4 Å². The number of likely N-dealkylation sites (tertiary alicyclic amines) is 1. The molecule has 1 amide bonds. The van der Waals surface area contributed by atoms with Crippen molar-refractivity contribution in [1.82, 2.24) is 14.9 Å². The monoisotopic (exact) mass is 515 g/mol. The number of hydrogen-bond donors (Lipinski definition) is 2. The zero-order valence-corrected chi connectivity index (χ0v) is 21.6. The van der Waals surface area contributed by atoms with Gasteiger partial charge in [0.2, 0.25) is 5.95 Å². The molecule has 4 aromatic rings. The van der Waals surface area contributed by atoms with Crippen molar-refractivity contribution >= 4 is 40.0 Å². The molecule has 7 nitrogen and oxygen atoms in total. The van der Waals surface area contributed by atoms with E-state index in [2.05, 4.69) is 20.2 Å². The topological polar surface area (TPSA) is 93.4 Å². The van der Waals surface area contributed by atoms with E-state index in [1.165, 1.54) is 19.3 Å². The second-order valence-corrected chi connectivity index (χ2v) is 9.79. The Labute approximate surface area is 221 Å². The van der Waals surface area contributed by atoms with Crippen LogP contribution in [0.5, 0.6) is 5.75 Å². The molecule has 0 radical (unpaired) electrons. The van der Waals surface area contributed by atoms with Gasteiger partial charge in [-0.1, -0.05) is 30.2 Å². The number of rotatable bonds is 7. The first-order chi connectivity index (χ1) is 18.0. The van der Waals surface area contributed by atoms with Gasteiger partial charge in [-0.3, -0.25) is 9.69 Å². The fraction of sp³-hybridized carbons (Fsp3) is 0.276. The summed E-state index contributed by atoms with van der Waals surface area (Å²) in [6.07, 6.45) is 5.53. The Morgan fingerprint density at radius 2 is 1.92 bits per heavy atom. The number of nitrogens with one attached hydrogen (secondary N) is 1. The van der Waals surface area contributed by atoms with Crippen LogP contribution >= 0.6 is 11.6 Å². The molecule has 190 valence electrons. The predicted molar refractivity (Wildman–Crippen MR) is 149 cm³/mol. The van der Waals surface area contributed by atoms with Gasteiger partial charge < -0.3 is 15.8 Å². The molecule has 3 N–H and O–H groups in total. The van der Waals surface area contributed by atoms with E-state index in [0.29, 0.717) is 28.6 Å². The number of carbonyl (C=O) groups excluding carboxylic acids is 1. The van der Waals surface area contributed by atoms with Crippen LogP contribution in [-0.4, -0.2) is 47.0 Å². The van der Waals surface area contributed by atoms with Crippen molar-refractivity contribution in [2.75, 3.05) is 37.3 Å². The number of ether oxygens (including phenoxy) is 1. The van der Waals surface area contributed by atoms with Crippen molar-refractivity contribution in [3.63, 3.8) is 0 Å². The van der Waals surface area contributed by atoms with Gasteiger partial charge in [0.25, 0.3) is 5.91 Å². The van der Waals surface area contributed by atoms with Crippen LogP contribution in [0.1, 0.15) is 35.2 Å². The molecule has 1 aliphatic heterocycles. The Balaban J connectivity index is 1.26. The van der Waals surface area contributed by atoms with Crippen LogP contribution in [0.3, 0.4) is 0 Å². The van der Waals surface area contributed by atoms with Crippen molar-refractivity contribution in [1.29, 1.82) is 0 Å². The second kappa shape index (κ2) is 11.2. The second-order valence-electron chi connectivity index (χ2n) is 9.38. The molecule has 1 fully saturated rings. The molecule has 0 unspecified atom stereocenters. The standard InChI is InChI=1S/C29H30ClN5O2/c1-19-5-6-21(16-24(19)20-7-9-26-22(15-20)18-32-29(31)34-26)28(36)33-23-8-10-27(25(30)17-23)37-14-13-35-11-3-2-4-12-35/h5-10,15-18H,2-4,11-14H2,1H3,(H,33,36)(H2,31,32,34). The summed E-state index contributed by atoms with van der Waals surface area (Å²) in [6.45, 7) is 5.76. The van der Waals surface area contributed by atoms with Crippen molar-refractivity contribution in [3.05, 3.63) is 76.9 Å². The Morgan fingerprint density at radius 1 is 1.08 bits per heavy atom. The van der Waals surface area contributed by atoms with Crippen LogP contribution in [0.2, 0.25) is 5.02 Å². The number of nitrogens with two attached hydrogens (primary N) is 1. The summed E-state index contributed by atoms with van der Waals surface area (Å²) in [5.41, 5.74) is 10.6. The van der Waals surface area contributed by atoms with Gasteiger partial charge in [0.15, 0.2) is 0 Å². The van der Waals surface area contributed by atoms with Crippen LogP contribution in [0, 0.1) is 6.92 Å². The third-order valence-corrected chi connectivity index (χ3v) is 7.01. The summed E-state index contributed by atoms with van der Waals surface area (Å²) in [4.78, 5) is 23.8. The molecule has 2 heterocycles. The molecule has 1 saturated heterocycles. The summed E-state index contributed by atoms with van der Waals surface area (Å²) in [5, 5.41) is 4.30. The van der Waals surface area contributed by atoms with Crippen LogP contribution in [0.15, 0.2) is 60.8 Å². The number of amides is 1. The average molecular weight is 516 g/mol. The van der Waals surface area contributed by atoms with Gasteiger partial charge in [-0.25, -0.2) is 9.97 Å². The first-order valence-corrected chi connectivity index (χ1v) is 12.9. The van der Waals surface area contributed by atoms with Gasteiger partial charge in [-0.15, -0.1) is 0 Å². The first kappa shape index (κ1) is 25.0. The minimum absolute atomic E-state index is 0.215. The van der Waals surface area contributed by atoms with Crippen LogP contribution < -0.4 is 15.8 Å². The van der Waals surface area contributed by atoms with E-state index in [1.54, 1.807) is 18.3 Å². The molecule has 1 aliphatic rings. The number of halogens is 1. The number of aromatic nitrogens is 2. The van der Waals surface area contributed by atoms with Gasteiger partial charge >= 0.3 is 0 Å². The lowest BCUT2D eigenvalue weighted by Crippen LogP contribution is -2.33. The van der Waals surface area contributed by atoms with Crippen LogP contribution in [0.25, 0.3) is 22.0 Å². The zero-order chi connectivity index (χ0) is 25.8. The number of carbonyl (C=O) groups is 1. The van der Waals surface area contributed by atoms with Crippen molar-refractivity contribution in [2.24, 2.45) is 0 Å². The molecule has 0 spiro atoms. The molecule has 8 heteroatoms. The van der Waals surface area contributed by atoms with Gasteiger partial charge in [0, 0.05) is 29.4 Å². The predicted octanol–water partition coefficient (Wildman–Crippen LogP) is 5.96. The Morgan fingerprint density at radius 3 is 2.73 bits per heavy atom. The Kier molecular flexibility index (Phi) is 7.53. The van der Waals surface area contributed by atoms with E-state index in [9.17, 15) is 4.79 Å². The molecule has 3 aromatic carbocycles. The fourth-order valence-electron chi connectivity index (χ4n) is 4.66. The number of piperidine rings is 1. The number of aryl methyl sites for hydroxylation is 1. The SMILES string of the molecule is Cc1ccc(C(=O)Nc2ccc(OCCN3CCCCC3)c(Cl)c2)cc1-c1ccc2nc(N)ncc2c1. The summed E-state index contributed by atoms with van der Waals surface area (Å²) >= 11 is 6.46. The fourth-order valence-corrected chi connectivity index (χ4v) is 4.89. The van der Waals surface area contributed by atoms with E-state index < -0.39 is 0 Å². The lowest BCUT2D eigenvalue weighted by molar-refractivity contribution is 0.102. The van der Waals surface area contributed by atoms with Crippen molar-refractivity contribution < 1.29 is 9.53 Å². The van der Waals surface area contributed by atoms with Crippen molar-refractivity contribution in [2.45, 2.75) is 26.2 Å². The van der Waals surface area contributed by atoms with E-state index >= 15 is 0 Å². The van der Waals surface area contributed by atoms with E-state index in [4.69, 9.17) is 22.1 Å². The highest BCUT2D eigenvalue weighted by Crippen LogP contribution is 2.30. The molecule has 0 bridgehead atoms. The largest absolute Gasteiger partial charge is 0.491 e. The highest BCUT2D eigenvalue weighted by Gasteiger charge is 2.13. The van der Waals surface area contributed by atoms with E-state index in [0.717, 1.165) is 47.2 Å². The normalized spacial score (nSPS) is 14.0. The zero-order valence-electron chi connectivity index (χ0n) is 20.8. The number of nitrogen functional groups attached to an aromatic ring is 1. The summed E-state index contributed by atoms with van der Waals surface area (Å²) < 4.78 is 5.90. The lowest BCUT2D eigenvalue weighted by atomic mass is 9.97. The smallest absolute Gasteiger partial charge is 0.255 e. The quantitative estimate of drug-likeness (QED) is 0.315. The Bertz CT molecular complexity index is 1440. The third kappa shape index (κ3) is 6.01. The highest BCUT2D eigenvalue weighted by atomic mass is 35.5. The number of benzene rings is 3. The lowest BCUT2D eigenvalue weighted by Gasteiger charge is -2.26. The molecule has 0 saturated carbocycles. The number of fused-ring (bicyclic) bond motifs is 1. The number of anilines is 2. The van der Waals surface area contributed by atoms with Gasteiger partial charge in [-0.2, -0.15) is 0 Å². The van der Waals surface area contributed by atoms with E-state index in [1.807, 2.05) is 49.4 Å². The Hall–Kier alpha value is -3.68. The maximum atomic E-state index is 13.1. The van der Waals surface area contributed by atoms with Crippen molar-refractivity contribution in [3.8, 4) is 16.9 Å². The molecule has 0 aliphatic carbocycles. The number of hydrogen-bond acceptors (Lipinski definition) is 6. The summed E-state index contributed by atoms with van der Waals surface area (Å²) in [6, 6.07) is 16.9. The molecule has 37 heavy (non-hydrogen) atoms. The third-order valence-electron chi connectivity index (χ3n) is 6.71. The van der Waals surface area contributed by atoms with Crippen LogP contribution in [-0.2, 0) is 0 Å². The molecule has 5 rings (SSSR count). The molecule has 0 atom stereocenters. The molecule has 1 aromatic heterocycles. The van der Waals surface area contributed by atoms with Gasteiger partial charge in [0.05, 0.1) is 10.5 Å². The molecular formula is C29H30ClN5O2. The highest BCUT2D eigenvalue weighted by molar-refractivity contribution is 6.32.